The van der Waals surface area contributed by atoms with Crippen molar-refractivity contribution in [1.29, 1.82) is 0 Å². The van der Waals surface area contributed by atoms with Gasteiger partial charge < -0.3 is 5.73 Å². The van der Waals surface area contributed by atoms with E-state index in [2.05, 4.69) is 11.6 Å². The van der Waals surface area contributed by atoms with Crippen molar-refractivity contribution in [3.8, 4) is 0 Å². The zero-order valence-corrected chi connectivity index (χ0v) is 11.4. The highest BCUT2D eigenvalue weighted by Gasteiger charge is 2.33. The van der Waals surface area contributed by atoms with E-state index in [4.69, 9.17) is 5.73 Å². The Labute approximate surface area is 109 Å². The van der Waals surface area contributed by atoms with Crippen LogP contribution in [0.3, 0.4) is 0 Å². The van der Waals surface area contributed by atoms with E-state index >= 15 is 0 Å². The molecule has 0 radical (unpaired) electrons. The first-order valence-electron chi connectivity index (χ1n) is 6.26. The van der Waals surface area contributed by atoms with Gasteiger partial charge in [0.05, 0.1) is 5.75 Å². The van der Waals surface area contributed by atoms with Gasteiger partial charge in [-0.15, -0.1) is 0 Å². The minimum atomic E-state index is -3.25. The summed E-state index contributed by atoms with van der Waals surface area (Å²) in [7, 11) is -3.25. The van der Waals surface area contributed by atoms with E-state index < -0.39 is 10.0 Å². The van der Waals surface area contributed by atoms with E-state index in [-0.39, 0.29) is 5.75 Å². The molecule has 1 aliphatic rings. The van der Waals surface area contributed by atoms with Crippen LogP contribution in [0.25, 0.3) is 0 Å². The molecule has 0 saturated heterocycles. The highest BCUT2D eigenvalue weighted by Crippen LogP contribution is 2.36. The van der Waals surface area contributed by atoms with Crippen LogP contribution in [0.15, 0.2) is 24.3 Å². The predicted octanol–water partition coefficient (Wildman–Crippen LogP) is 1.22. The summed E-state index contributed by atoms with van der Waals surface area (Å²) in [5.74, 6) is 1.19. The first kappa shape index (κ1) is 13.5. The molecule has 1 aromatic rings. The summed E-state index contributed by atoms with van der Waals surface area (Å²) in [6, 6.07) is 7.40. The van der Waals surface area contributed by atoms with Gasteiger partial charge in [0.25, 0.3) is 0 Å². The van der Waals surface area contributed by atoms with E-state index in [1.54, 1.807) is 0 Å². The number of sulfonamides is 1. The molecule has 18 heavy (non-hydrogen) atoms. The Morgan fingerprint density at radius 3 is 2.50 bits per heavy atom. The molecule has 0 heterocycles. The molecule has 1 fully saturated rings. The molecule has 0 bridgehead atoms. The van der Waals surface area contributed by atoms with Crippen molar-refractivity contribution < 1.29 is 8.42 Å². The Bertz CT molecular complexity index is 513. The largest absolute Gasteiger partial charge is 0.326 e. The average molecular weight is 268 g/mol. The van der Waals surface area contributed by atoms with Crippen LogP contribution in [0, 0.1) is 11.8 Å². The molecule has 5 heteroatoms. The van der Waals surface area contributed by atoms with E-state index in [1.807, 2.05) is 24.3 Å². The van der Waals surface area contributed by atoms with E-state index in [1.165, 1.54) is 0 Å². The summed E-state index contributed by atoms with van der Waals surface area (Å²) in [5, 5.41) is 0. The quantitative estimate of drug-likeness (QED) is 0.815. The van der Waals surface area contributed by atoms with Gasteiger partial charge >= 0.3 is 0 Å². The minimum absolute atomic E-state index is 0.0154. The summed E-state index contributed by atoms with van der Waals surface area (Å²) < 4.78 is 26.6. The van der Waals surface area contributed by atoms with Crippen molar-refractivity contribution in [2.75, 3.05) is 6.54 Å². The number of hydrogen-bond acceptors (Lipinski definition) is 3. The van der Waals surface area contributed by atoms with Crippen LogP contribution in [-0.2, 0) is 22.3 Å². The Hall–Kier alpha value is -0.910. The molecule has 0 aliphatic heterocycles. The smallest absolute Gasteiger partial charge is 0.215 e. The topological polar surface area (TPSA) is 72.2 Å². The zero-order chi connectivity index (χ0) is 13.2. The highest BCUT2D eigenvalue weighted by molar-refractivity contribution is 7.88. The van der Waals surface area contributed by atoms with E-state index in [9.17, 15) is 8.42 Å². The van der Waals surface area contributed by atoms with Gasteiger partial charge in [-0.3, -0.25) is 0 Å². The number of benzene rings is 1. The van der Waals surface area contributed by atoms with Crippen LogP contribution in [0.5, 0.6) is 0 Å². The second-order valence-electron chi connectivity index (χ2n) is 5.05. The fourth-order valence-corrected chi connectivity index (χ4v) is 3.33. The molecule has 100 valence electrons. The van der Waals surface area contributed by atoms with Gasteiger partial charge in [-0.2, -0.15) is 0 Å². The summed E-state index contributed by atoms with van der Waals surface area (Å²) in [6.07, 6.45) is 1.13. The number of hydrogen-bond donors (Lipinski definition) is 2. The fraction of sp³-hybridized carbons (Fsp3) is 0.538. The van der Waals surface area contributed by atoms with E-state index in [0.717, 1.165) is 17.5 Å². The third-order valence-corrected chi connectivity index (χ3v) is 4.82. The normalized spacial score (nSPS) is 23.0. The zero-order valence-electron chi connectivity index (χ0n) is 10.6. The van der Waals surface area contributed by atoms with Crippen molar-refractivity contribution >= 4 is 10.0 Å². The lowest BCUT2D eigenvalue weighted by molar-refractivity contribution is 0.573. The second kappa shape index (κ2) is 5.38. The maximum absolute atomic E-state index is 12.0. The van der Waals surface area contributed by atoms with Crippen LogP contribution < -0.4 is 10.5 Å². The fourth-order valence-electron chi connectivity index (χ4n) is 2.07. The van der Waals surface area contributed by atoms with Crippen molar-refractivity contribution in [2.45, 2.75) is 25.6 Å². The number of nitrogens with one attached hydrogen (secondary N) is 1. The van der Waals surface area contributed by atoms with Gasteiger partial charge in [-0.25, -0.2) is 13.1 Å². The molecular weight excluding hydrogens is 248 g/mol. The Kier molecular flexibility index (Phi) is 4.04. The Balaban J connectivity index is 1.98. The molecular formula is C13H20N2O2S. The number of nitrogens with two attached hydrogens (primary N) is 1. The summed E-state index contributed by atoms with van der Waals surface area (Å²) in [5.41, 5.74) is 7.28. The molecule has 1 aromatic carbocycles. The second-order valence-corrected chi connectivity index (χ2v) is 6.86. The monoisotopic (exact) mass is 268 g/mol. The van der Waals surface area contributed by atoms with Crippen LogP contribution in [-0.4, -0.2) is 15.0 Å². The minimum Gasteiger partial charge on any atom is -0.326 e. The SMILES string of the molecule is CC1CC1CNS(=O)(=O)Cc1ccccc1CN. The summed E-state index contributed by atoms with van der Waals surface area (Å²) in [4.78, 5) is 0. The van der Waals surface area contributed by atoms with Gasteiger partial charge in [-0.05, 0) is 29.4 Å². The third kappa shape index (κ3) is 3.54. The molecule has 0 spiro atoms. The molecule has 0 amide bonds. The molecule has 1 aliphatic carbocycles. The van der Waals surface area contributed by atoms with Gasteiger partial charge in [0, 0.05) is 13.1 Å². The lowest BCUT2D eigenvalue weighted by atomic mass is 10.1. The van der Waals surface area contributed by atoms with E-state index in [0.29, 0.717) is 24.9 Å². The molecule has 3 N–H and O–H groups in total. The lowest BCUT2D eigenvalue weighted by Gasteiger charge is -2.09. The standard InChI is InChI=1S/C13H20N2O2S/c1-10-6-13(10)8-15-18(16,17)9-12-5-3-2-4-11(12)7-14/h2-5,10,13,15H,6-9,14H2,1H3. The molecule has 1 saturated carbocycles. The van der Waals surface area contributed by atoms with Crippen LogP contribution in [0.1, 0.15) is 24.5 Å². The predicted molar refractivity (Wildman–Crippen MR) is 72.2 cm³/mol. The molecule has 2 unspecified atom stereocenters. The molecule has 2 atom stereocenters. The highest BCUT2D eigenvalue weighted by atomic mass is 32.2. The van der Waals surface area contributed by atoms with Crippen molar-refractivity contribution in [3.05, 3.63) is 35.4 Å². The molecule has 2 rings (SSSR count). The Morgan fingerprint density at radius 2 is 1.94 bits per heavy atom. The van der Waals surface area contributed by atoms with Crippen molar-refractivity contribution in [1.82, 2.24) is 4.72 Å². The molecule has 0 aromatic heterocycles. The summed E-state index contributed by atoms with van der Waals surface area (Å²) in [6.45, 7) is 3.07. The first-order valence-corrected chi connectivity index (χ1v) is 7.91. The number of rotatable bonds is 6. The van der Waals surface area contributed by atoms with Gasteiger partial charge in [0.1, 0.15) is 0 Å². The third-order valence-electron chi connectivity index (χ3n) is 3.53. The van der Waals surface area contributed by atoms with Crippen LogP contribution >= 0.6 is 0 Å². The van der Waals surface area contributed by atoms with Crippen molar-refractivity contribution in [3.63, 3.8) is 0 Å². The van der Waals surface area contributed by atoms with Gasteiger partial charge in [0.15, 0.2) is 0 Å². The van der Waals surface area contributed by atoms with Crippen molar-refractivity contribution in [2.24, 2.45) is 17.6 Å². The van der Waals surface area contributed by atoms with Crippen LogP contribution in [0.2, 0.25) is 0 Å². The maximum Gasteiger partial charge on any atom is 0.215 e. The first-order chi connectivity index (χ1) is 8.52. The van der Waals surface area contributed by atoms with Gasteiger partial charge in [0.2, 0.25) is 10.0 Å². The van der Waals surface area contributed by atoms with Gasteiger partial charge in [-0.1, -0.05) is 31.2 Å². The Morgan fingerprint density at radius 1 is 1.33 bits per heavy atom. The summed E-state index contributed by atoms with van der Waals surface area (Å²) >= 11 is 0. The molecule has 4 nitrogen and oxygen atoms in total. The van der Waals surface area contributed by atoms with Crippen LogP contribution in [0.4, 0.5) is 0 Å². The average Bonchev–Trinajstić information content (AvgIpc) is 3.03. The lowest BCUT2D eigenvalue weighted by Crippen LogP contribution is -2.28. The maximum atomic E-state index is 12.0.